The van der Waals surface area contributed by atoms with E-state index in [2.05, 4.69) is 0 Å². The van der Waals surface area contributed by atoms with Gasteiger partial charge in [0, 0.05) is 26.7 Å². The second-order valence-electron chi connectivity index (χ2n) is 11.0. The standard InChI is InChI=1S/C28H38FN3O6/c1-7-37-26(34)21-14-20(18-8-9-18)23-17(2)24(22(29)16-32(23)25(21)33)30-11-10-19(15-30)31(12-13-36-6)27(35)38-28(3,4)5/h14,16,18-19H,7-13,15H2,1-6H3/t19-/m0/s1. The fourth-order valence-corrected chi connectivity index (χ4v) is 5.22. The Bertz CT molecular complexity index is 1280. The predicted octanol–water partition coefficient (Wildman–Crippen LogP) is 4.26. The van der Waals surface area contributed by atoms with Gasteiger partial charge in [0.25, 0.3) is 5.56 Å². The van der Waals surface area contributed by atoms with Crippen molar-refractivity contribution in [3.63, 3.8) is 0 Å². The summed E-state index contributed by atoms with van der Waals surface area (Å²) in [6.45, 7) is 10.8. The van der Waals surface area contributed by atoms with Crippen LogP contribution in [0.4, 0.5) is 14.9 Å². The number of pyridine rings is 2. The van der Waals surface area contributed by atoms with Crippen molar-refractivity contribution in [3.05, 3.63) is 45.1 Å². The molecule has 1 aliphatic heterocycles. The molecule has 9 nitrogen and oxygen atoms in total. The number of aromatic nitrogens is 1. The number of nitrogens with zero attached hydrogens (tertiary/aromatic N) is 3. The SMILES string of the molecule is CCOC(=O)c1cc(C2CC2)c2c(C)c(N3CC[C@H](N(CCOC)C(=O)OC(C)(C)C)C3)c(F)cn2c1=O. The van der Waals surface area contributed by atoms with Crippen LogP contribution in [0.2, 0.25) is 0 Å². The maximum absolute atomic E-state index is 15.7. The molecule has 3 heterocycles. The Labute approximate surface area is 222 Å². The molecule has 1 amide bonds. The Morgan fingerprint density at radius 3 is 2.53 bits per heavy atom. The summed E-state index contributed by atoms with van der Waals surface area (Å²) < 4.78 is 32.9. The van der Waals surface area contributed by atoms with Gasteiger partial charge in [0.05, 0.1) is 36.7 Å². The quantitative estimate of drug-likeness (QED) is 0.470. The van der Waals surface area contributed by atoms with Gasteiger partial charge in [-0.25, -0.2) is 14.0 Å². The summed E-state index contributed by atoms with van der Waals surface area (Å²) in [5.41, 5.74) is 1.23. The minimum absolute atomic E-state index is 0.0785. The van der Waals surface area contributed by atoms with Gasteiger partial charge in [-0.3, -0.25) is 9.20 Å². The number of hydrogen-bond donors (Lipinski definition) is 0. The molecule has 208 valence electrons. The predicted molar refractivity (Wildman–Crippen MR) is 142 cm³/mol. The Balaban J connectivity index is 1.71. The molecule has 1 saturated heterocycles. The molecule has 10 heteroatoms. The number of fused-ring (bicyclic) bond motifs is 1. The van der Waals surface area contributed by atoms with Crippen molar-refractivity contribution in [1.82, 2.24) is 9.30 Å². The number of hydrogen-bond acceptors (Lipinski definition) is 7. The van der Waals surface area contributed by atoms with E-state index in [9.17, 15) is 14.4 Å². The molecule has 0 aromatic carbocycles. The molecular formula is C28H38FN3O6. The van der Waals surface area contributed by atoms with Crippen LogP contribution in [0.15, 0.2) is 17.1 Å². The number of anilines is 1. The Morgan fingerprint density at radius 1 is 1.21 bits per heavy atom. The van der Waals surface area contributed by atoms with Crippen molar-refractivity contribution in [1.29, 1.82) is 0 Å². The van der Waals surface area contributed by atoms with Crippen LogP contribution in [-0.2, 0) is 14.2 Å². The van der Waals surface area contributed by atoms with E-state index in [0.29, 0.717) is 49.4 Å². The van der Waals surface area contributed by atoms with E-state index >= 15 is 4.39 Å². The first-order valence-corrected chi connectivity index (χ1v) is 13.3. The lowest BCUT2D eigenvalue weighted by atomic mass is 10.0. The van der Waals surface area contributed by atoms with Crippen LogP contribution >= 0.6 is 0 Å². The van der Waals surface area contributed by atoms with Crippen LogP contribution < -0.4 is 10.5 Å². The first-order valence-electron chi connectivity index (χ1n) is 13.3. The molecule has 2 aromatic rings. The Hall–Kier alpha value is -3.14. The van der Waals surface area contributed by atoms with E-state index in [0.717, 1.165) is 18.4 Å². The van der Waals surface area contributed by atoms with E-state index in [-0.39, 0.29) is 24.1 Å². The lowest BCUT2D eigenvalue weighted by molar-refractivity contribution is 0.0123. The van der Waals surface area contributed by atoms with Gasteiger partial charge in [-0.1, -0.05) is 0 Å². The molecule has 0 spiro atoms. The molecule has 4 rings (SSSR count). The molecule has 0 N–H and O–H groups in total. The zero-order valence-corrected chi connectivity index (χ0v) is 23.1. The molecule has 2 aromatic heterocycles. The molecule has 1 saturated carbocycles. The summed E-state index contributed by atoms with van der Waals surface area (Å²) in [4.78, 5) is 42.3. The third-order valence-corrected chi connectivity index (χ3v) is 7.04. The average Bonchev–Trinajstić information content (AvgIpc) is 3.57. The normalized spacial score (nSPS) is 17.7. The number of carbonyl (C=O) groups is 2. The third kappa shape index (κ3) is 5.65. The van der Waals surface area contributed by atoms with Gasteiger partial charge < -0.3 is 24.0 Å². The molecular weight excluding hydrogens is 493 g/mol. The van der Waals surface area contributed by atoms with Gasteiger partial charge in [-0.15, -0.1) is 0 Å². The largest absolute Gasteiger partial charge is 0.462 e. The third-order valence-electron chi connectivity index (χ3n) is 7.04. The van der Waals surface area contributed by atoms with E-state index in [1.807, 2.05) is 32.6 Å². The molecule has 1 atom stereocenters. The summed E-state index contributed by atoms with van der Waals surface area (Å²) in [7, 11) is 1.58. The minimum Gasteiger partial charge on any atom is -0.462 e. The van der Waals surface area contributed by atoms with Gasteiger partial charge in [-0.2, -0.15) is 0 Å². The summed E-state index contributed by atoms with van der Waals surface area (Å²) >= 11 is 0. The number of methoxy groups -OCH3 is 1. The highest BCUT2D eigenvalue weighted by Gasteiger charge is 2.36. The second-order valence-corrected chi connectivity index (χ2v) is 11.0. The fraction of sp³-hybridized carbons (Fsp3) is 0.607. The summed E-state index contributed by atoms with van der Waals surface area (Å²) in [6, 6.07) is 1.44. The van der Waals surface area contributed by atoms with Crippen LogP contribution in [0.3, 0.4) is 0 Å². The topological polar surface area (TPSA) is 89.8 Å². The number of carbonyl (C=O) groups excluding carboxylic acids is 2. The van der Waals surface area contributed by atoms with Gasteiger partial charge in [0.2, 0.25) is 0 Å². The molecule has 0 radical (unpaired) electrons. The zero-order chi connectivity index (χ0) is 27.8. The number of halogens is 1. The van der Waals surface area contributed by atoms with Crippen LogP contribution in [-0.4, -0.2) is 73.0 Å². The molecule has 0 unspecified atom stereocenters. The fourth-order valence-electron chi connectivity index (χ4n) is 5.22. The highest BCUT2D eigenvalue weighted by molar-refractivity contribution is 5.90. The Kier molecular flexibility index (Phi) is 8.01. The van der Waals surface area contributed by atoms with Gasteiger partial charge in [0.15, 0.2) is 5.82 Å². The number of esters is 1. The summed E-state index contributed by atoms with van der Waals surface area (Å²) in [6.07, 6.45) is 3.28. The van der Waals surface area contributed by atoms with Gasteiger partial charge in [-0.05, 0) is 77.0 Å². The number of rotatable bonds is 8. The van der Waals surface area contributed by atoms with E-state index in [1.54, 1.807) is 25.0 Å². The van der Waals surface area contributed by atoms with Gasteiger partial charge in [0.1, 0.15) is 11.2 Å². The highest BCUT2D eigenvalue weighted by atomic mass is 19.1. The van der Waals surface area contributed by atoms with Crippen molar-refractivity contribution in [2.75, 3.05) is 44.9 Å². The van der Waals surface area contributed by atoms with Crippen molar-refractivity contribution >= 4 is 23.3 Å². The number of aryl methyl sites for hydroxylation is 1. The number of ether oxygens (including phenoxy) is 3. The maximum atomic E-state index is 15.7. The second kappa shape index (κ2) is 10.9. The minimum atomic E-state index is -0.698. The first-order chi connectivity index (χ1) is 18.0. The van der Waals surface area contributed by atoms with Crippen molar-refractivity contribution in [2.45, 2.75) is 71.4 Å². The van der Waals surface area contributed by atoms with Gasteiger partial charge >= 0.3 is 12.1 Å². The van der Waals surface area contributed by atoms with Crippen molar-refractivity contribution < 1.29 is 28.2 Å². The first kappa shape index (κ1) is 27.9. The molecule has 2 aliphatic rings. The molecule has 1 aliphatic carbocycles. The monoisotopic (exact) mass is 531 g/mol. The van der Waals surface area contributed by atoms with Crippen molar-refractivity contribution in [2.24, 2.45) is 0 Å². The van der Waals surface area contributed by atoms with Crippen LogP contribution in [0.5, 0.6) is 0 Å². The van der Waals surface area contributed by atoms with E-state index in [4.69, 9.17) is 14.2 Å². The smallest absolute Gasteiger partial charge is 0.410 e. The lowest BCUT2D eigenvalue weighted by Crippen LogP contribution is -2.46. The summed E-state index contributed by atoms with van der Waals surface area (Å²) in [5, 5.41) is 0. The van der Waals surface area contributed by atoms with Crippen LogP contribution in [0.1, 0.15) is 74.4 Å². The molecule has 0 bridgehead atoms. The van der Waals surface area contributed by atoms with E-state index < -0.39 is 29.0 Å². The highest BCUT2D eigenvalue weighted by Crippen LogP contribution is 2.44. The average molecular weight is 532 g/mol. The molecule has 38 heavy (non-hydrogen) atoms. The van der Waals surface area contributed by atoms with Crippen molar-refractivity contribution in [3.8, 4) is 0 Å². The number of amides is 1. The van der Waals surface area contributed by atoms with Crippen LogP contribution in [0.25, 0.3) is 5.52 Å². The maximum Gasteiger partial charge on any atom is 0.410 e. The summed E-state index contributed by atoms with van der Waals surface area (Å²) in [5.74, 6) is -1.04. The molecule has 2 fully saturated rings. The Morgan fingerprint density at radius 2 is 1.92 bits per heavy atom. The van der Waals surface area contributed by atoms with E-state index in [1.165, 1.54) is 10.6 Å². The lowest BCUT2D eigenvalue weighted by Gasteiger charge is -2.32. The van der Waals surface area contributed by atoms with Crippen LogP contribution in [0, 0.1) is 12.7 Å². The zero-order valence-electron chi connectivity index (χ0n) is 23.1.